The largest absolute Gasteiger partial charge is 0.493 e. The van der Waals surface area contributed by atoms with Crippen molar-refractivity contribution in [3.05, 3.63) is 59.8 Å². The Morgan fingerprint density at radius 1 is 1.15 bits per heavy atom. The Morgan fingerprint density at radius 3 is 2.65 bits per heavy atom. The predicted octanol–water partition coefficient (Wildman–Crippen LogP) is 3.73. The van der Waals surface area contributed by atoms with E-state index in [1.807, 2.05) is 30.3 Å². The molecule has 0 bridgehead atoms. The molecule has 6 nitrogen and oxygen atoms in total. The van der Waals surface area contributed by atoms with Crippen molar-refractivity contribution in [2.75, 3.05) is 19.5 Å². The van der Waals surface area contributed by atoms with Crippen molar-refractivity contribution >= 4 is 28.6 Å². The van der Waals surface area contributed by atoms with Crippen LogP contribution in [0.25, 0.3) is 17.0 Å². The third kappa shape index (κ3) is 3.37. The average molecular weight is 347 g/mol. The fraction of sp³-hybridized carbons (Fsp3) is 0.100. The summed E-state index contributed by atoms with van der Waals surface area (Å²) in [6.07, 6.45) is 3.33. The van der Waals surface area contributed by atoms with Crippen LogP contribution in [0.3, 0.4) is 0 Å². The van der Waals surface area contributed by atoms with Crippen LogP contribution in [0.1, 0.15) is 5.56 Å². The number of aromatic nitrogens is 1. The Hall–Kier alpha value is -3.72. The number of para-hydroxylation sites is 1. The fourth-order valence-electron chi connectivity index (χ4n) is 2.63. The molecule has 0 radical (unpaired) electrons. The van der Waals surface area contributed by atoms with Gasteiger partial charge in [-0.15, -0.1) is 0 Å². The summed E-state index contributed by atoms with van der Waals surface area (Å²) in [5.74, 6) is 0.551. The summed E-state index contributed by atoms with van der Waals surface area (Å²) >= 11 is 0. The van der Waals surface area contributed by atoms with Gasteiger partial charge >= 0.3 is 0 Å². The number of fused-ring (bicyclic) bond motifs is 1. The van der Waals surface area contributed by atoms with Gasteiger partial charge in [0.15, 0.2) is 11.5 Å². The zero-order chi connectivity index (χ0) is 18.5. The molecule has 0 atom stereocenters. The van der Waals surface area contributed by atoms with Crippen molar-refractivity contribution in [3.8, 4) is 17.6 Å². The number of nitrogens with one attached hydrogen (secondary N) is 2. The zero-order valence-corrected chi connectivity index (χ0v) is 14.4. The number of anilines is 1. The number of hydrogen-bond donors (Lipinski definition) is 2. The summed E-state index contributed by atoms with van der Waals surface area (Å²) in [5.41, 5.74) is 2.23. The summed E-state index contributed by atoms with van der Waals surface area (Å²) in [5, 5.41) is 13.0. The second kappa shape index (κ2) is 7.45. The number of nitrogens with zero attached hydrogens (tertiary/aromatic N) is 1. The van der Waals surface area contributed by atoms with E-state index in [0.29, 0.717) is 17.2 Å². The van der Waals surface area contributed by atoms with Gasteiger partial charge in [-0.05, 0) is 24.3 Å². The number of ether oxygens (including phenoxy) is 2. The van der Waals surface area contributed by atoms with Gasteiger partial charge in [-0.25, -0.2) is 0 Å². The molecule has 3 rings (SSSR count). The lowest BCUT2D eigenvalue weighted by molar-refractivity contribution is -0.112. The van der Waals surface area contributed by atoms with Gasteiger partial charge in [0.25, 0.3) is 5.91 Å². The maximum absolute atomic E-state index is 12.5. The van der Waals surface area contributed by atoms with Crippen molar-refractivity contribution in [2.45, 2.75) is 0 Å². The standard InChI is InChI=1S/C20H17N3O3/c1-25-18-8-7-15(10-19(18)26-2)23-20(24)13(11-21)9-14-12-22-17-6-4-3-5-16(14)17/h3-10,12,22H,1-2H3,(H,23,24)/b13-9+. The predicted molar refractivity (Wildman–Crippen MR) is 100 cm³/mol. The maximum atomic E-state index is 12.5. The third-order valence-electron chi connectivity index (χ3n) is 3.93. The Labute approximate surface area is 150 Å². The Kier molecular flexibility index (Phi) is 4.90. The van der Waals surface area contributed by atoms with E-state index in [9.17, 15) is 10.1 Å². The Balaban J connectivity index is 1.87. The van der Waals surface area contributed by atoms with Gasteiger partial charge in [-0.1, -0.05) is 18.2 Å². The van der Waals surface area contributed by atoms with Crippen molar-refractivity contribution in [3.63, 3.8) is 0 Å². The summed E-state index contributed by atoms with van der Waals surface area (Å²) in [4.78, 5) is 15.6. The summed E-state index contributed by atoms with van der Waals surface area (Å²) in [6, 6.07) is 14.6. The SMILES string of the molecule is COc1ccc(NC(=O)/C(C#N)=C/c2c[nH]c3ccccc23)cc1OC. The lowest BCUT2D eigenvalue weighted by atomic mass is 10.1. The minimum Gasteiger partial charge on any atom is -0.493 e. The van der Waals surface area contributed by atoms with Gasteiger partial charge in [-0.2, -0.15) is 5.26 Å². The first-order valence-corrected chi connectivity index (χ1v) is 7.87. The van der Waals surface area contributed by atoms with E-state index >= 15 is 0 Å². The molecule has 0 saturated carbocycles. The zero-order valence-electron chi connectivity index (χ0n) is 14.4. The minimum atomic E-state index is -0.495. The van der Waals surface area contributed by atoms with Crippen LogP contribution in [-0.4, -0.2) is 25.1 Å². The first-order chi connectivity index (χ1) is 12.7. The van der Waals surface area contributed by atoms with Crippen LogP contribution in [0.2, 0.25) is 0 Å². The second-order valence-corrected chi connectivity index (χ2v) is 5.48. The molecule has 26 heavy (non-hydrogen) atoms. The van der Waals surface area contributed by atoms with E-state index in [4.69, 9.17) is 9.47 Å². The van der Waals surface area contributed by atoms with Crippen molar-refractivity contribution in [1.29, 1.82) is 5.26 Å². The number of H-pyrrole nitrogens is 1. The maximum Gasteiger partial charge on any atom is 0.266 e. The number of aromatic amines is 1. The van der Waals surface area contributed by atoms with Crippen LogP contribution in [0.4, 0.5) is 5.69 Å². The molecule has 1 heterocycles. The number of methoxy groups -OCH3 is 2. The number of rotatable bonds is 5. The molecule has 0 aliphatic rings. The van der Waals surface area contributed by atoms with Gasteiger partial charge in [0.2, 0.25) is 0 Å². The van der Waals surface area contributed by atoms with E-state index in [2.05, 4.69) is 10.3 Å². The van der Waals surface area contributed by atoms with Gasteiger partial charge in [-0.3, -0.25) is 4.79 Å². The molecular weight excluding hydrogens is 330 g/mol. The number of carbonyl (C=O) groups is 1. The van der Waals surface area contributed by atoms with Crippen LogP contribution in [0.15, 0.2) is 54.2 Å². The molecule has 0 unspecified atom stereocenters. The van der Waals surface area contributed by atoms with E-state index < -0.39 is 5.91 Å². The van der Waals surface area contributed by atoms with Crippen LogP contribution >= 0.6 is 0 Å². The van der Waals surface area contributed by atoms with E-state index in [-0.39, 0.29) is 5.57 Å². The minimum absolute atomic E-state index is 0.00420. The second-order valence-electron chi connectivity index (χ2n) is 5.48. The highest BCUT2D eigenvalue weighted by molar-refractivity contribution is 6.10. The van der Waals surface area contributed by atoms with Crippen LogP contribution in [-0.2, 0) is 4.79 Å². The van der Waals surface area contributed by atoms with Crippen molar-refractivity contribution in [2.24, 2.45) is 0 Å². The quantitative estimate of drug-likeness (QED) is 0.544. The van der Waals surface area contributed by atoms with E-state index in [1.165, 1.54) is 14.2 Å². The Bertz CT molecular complexity index is 1030. The van der Waals surface area contributed by atoms with Crippen LogP contribution in [0, 0.1) is 11.3 Å². The molecule has 0 saturated heterocycles. The van der Waals surface area contributed by atoms with E-state index in [0.717, 1.165) is 16.5 Å². The summed E-state index contributed by atoms with van der Waals surface area (Å²) in [6.45, 7) is 0. The highest BCUT2D eigenvalue weighted by atomic mass is 16.5. The molecule has 2 aromatic carbocycles. The molecule has 6 heteroatoms. The lowest BCUT2D eigenvalue weighted by Crippen LogP contribution is -2.13. The van der Waals surface area contributed by atoms with Gasteiger partial charge in [0, 0.05) is 34.4 Å². The van der Waals surface area contributed by atoms with Gasteiger partial charge in [0.05, 0.1) is 14.2 Å². The molecule has 0 aliphatic carbocycles. The van der Waals surface area contributed by atoms with Crippen LogP contribution < -0.4 is 14.8 Å². The summed E-state index contributed by atoms with van der Waals surface area (Å²) in [7, 11) is 3.05. The van der Waals surface area contributed by atoms with Crippen LogP contribution in [0.5, 0.6) is 11.5 Å². The molecule has 0 aliphatic heterocycles. The first-order valence-electron chi connectivity index (χ1n) is 7.87. The fourth-order valence-corrected chi connectivity index (χ4v) is 2.63. The smallest absolute Gasteiger partial charge is 0.266 e. The number of hydrogen-bond acceptors (Lipinski definition) is 4. The van der Waals surface area contributed by atoms with Crippen molar-refractivity contribution in [1.82, 2.24) is 4.98 Å². The van der Waals surface area contributed by atoms with Gasteiger partial charge < -0.3 is 19.8 Å². The lowest BCUT2D eigenvalue weighted by Gasteiger charge is -2.10. The monoisotopic (exact) mass is 347 g/mol. The molecule has 1 amide bonds. The molecule has 3 aromatic rings. The molecule has 0 spiro atoms. The summed E-state index contributed by atoms with van der Waals surface area (Å²) < 4.78 is 10.4. The molecule has 2 N–H and O–H groups in total. The average Bonchev–Trinajstić information content (AvgIpc) is 3.08. The topological polar surface area (TPSA) is 87.1 Å². The Morgan fingerprint density at radius 2 is 1.92 bits per heavy atom. The highest BCUT2D eigenvalue weighted by Crippen LogP contribution is 2.30. The molecule has 1 aromatic heterocycles. The van der Waals surface area contributed by atoms with Crippen molar-refractivity contribution < 1.29 is 14.3 Å². The third-order valence-corrected chi connectivity index (χ3v) is 3.93. The number of amides is 1. The number of benzene rings is 2. The number of carbonyl (C=O) groups excluding carboxylic acids is 1. The highest BCUT2D eigenvalue weighted by Gasteiger charge is 2.13. The molecule has 0 fully saturated rings. The number of nitriles is 1. The first kappa shape index (κ1) is 17.1. The molecule has 130 valence electrons. The van der Waals surface area contributed by atoms with Gasteiger partial charge in [0.1, 0.15) is 11.6 Å². The molecular formula is C20H17N3O3. The normalized spacial score (nSPS) is 11.0. The van der Waals surface area contributed by atoms with E-state index in [1.54, 1.807) is 30.5 Å².